The van der Waals surface area contributed by atoms with Crippen LogP contribution in [0.25, 0.3) is 0 Å². The summed E-state index contributed by atoms with van der Waals surface area (Å²) in [7, 11) is 0. The molecule has 0 N–H and O–H groups in total. The van der Waals surface area contributed by atoms with Crippen molar-refractivity contribution in [3.05, 3.63) is 48.0 Å². The van der Waals surface area contributed by atoms with E-state index in [4.69, 9.17) is 0 Å². The van der Waals surface area contributed by atoms with Crippen LogP contribution in [0.3, 0.4) is 0 Å². The van der Waals surface area contributed by atoms with E-state index in [0.29, 0.717) is 0 Å². The van der Waals surface area contributed by atoms with Gasteiger partial charge in [0, 0.05) is 12.1 Å². The van der Waals surface area contributed by atoms with E-state index in [1.807, 2.05) is 0 Å². The molecule has 1 heteroatoms. The average molecular weight is 227 g/mol. The van der Waals surface area contributed by atoms with Crippen molar-refractivity contribution in [1.29, 1.82) is 0 Å². The monoisotopic (exact) mass is 227 g/mol. The summed E-state index contributed by atoms with van der Waals surface area (Å²) in [5, 5.41) is 0. The Balaban J connectivity index is 1.83. The first-order valence-electron chi connectivity index (χ1n) is 6.68. The van der Waals surface area contributed by atoms with E-state index >= 15 is 0 Å². The third-order valence-electron chi connectivity index (χ3n) is 4.93. The second kappa shape index (κ2) is 3.99. The van der Waals surface area contributed by atoms with E-state index in [1.165, 1.54) is 36.9 Å². The van der Waals surface area contributed by atoms with Crippen molar-refractivity contribution in [2.45, 2.75) is 38.3 Å². The third-order valence-corrected chi connectivity index (χ3v) is 4.93. The van der Waals surface area contributed by atoms with E-state index in [0.717, 1.165) is 12.5 Å². The maximum Gasteiger partial charge on any atom is 0.0422 e. The van der Waals surface area contributed by atoms with Gasteiger partial charge in [-0.1, -0.05) is 42.5 Å². The molecule has 1 aliphatic heterocycles. The van der Waals surface area contributed by atoms with E-state index in [1.54, 1.807) is 0 Å². The summed E-state index contributed by atoms with van der Waals surface area (Å²) in [6.45, 7) is 9.03. The van der Waals surface area contributed by atoms with Crippen molar-refractivity contribution >= 4 is 0 Å². The lowest BCUT2D eigenvalue weighted by Gasteiger charge is -2.36. The topological polar surface area (TPSA) is 3.24 Å². The molecule has 1 aromatic rings. The van der Waals surface area contributed by atoms with E-state index in [9.17, 15) is 0 Å². The van der Waals surface area contributed by atoms with E-state index < -0.39 is 0 Å². The molecule has 1 heterocycles. The van der Waals surface area contributed by atoms with Crippen LogP contribution in [0.15, 0.2) is 42.5 Å². The minimum Gasteiger partial charge on any atom is -0.290 e. The molecule has 0 spiro atoms. The fourth-order valence-corrected chi connectivity index (χ4v) is 3.67. The highest BCUT2D eigenvalue weighted by Crippen LogP contribution is 2.49. The molecular weight excluding hydrogens is 206 g/mol. The second-order valence-electron chi connectivity index (χ2n) is 5.68. The van der Waals surface area contributed by atoms with Gasteiger partial charge in [0.2, 0.25) is 0 Å². The molecule has 17 heavy (non-hydrogen) atoms. The summed E-state index contributed by atoms with van der Waals surface area (Å²) in [4.78, 5) is 2.64. The molecule has 1 saturated carbocycles. The first-order valence-corrected chi connectivity index (χ1v) is 6.68. The minimum atomic E-state index is 0.274. The Morgan fingerprint density at radius 3 is 2.82 bits per heavy atom. The summed E-state index contributed by atoms with van der Waals surface area (Å²) in [5.41, 5.74) is 3.15. The molecule has 2 atom stereocenters. The zero-order chi connectivity index (χ0) is 11.9. The molecule has 2 aliphatic rings. The molecule has 2 fully saturated rings. The lowest BCUT2D eigenvalue weighted by molar-refractivity contribution is 0.166. The summed E-state index contributed by atoms with van der Waals surface area (Å²) in [5.74, 6) is 0.846. The van der Waals surface area contributed by atoms with E-state index in [-0.39, 0.29) is 5.54 Å². The van der Waals surface area contributed by atoms with Gasteiger partial charge in [0.25, 0.3) is 0 Å². The van der Waals surface area contributed by atoms with Crippen LogP contribution >= 0.6 is 0 Å². The van der Waals surface area contributed by atoms with Crippen LogP contribution in [0.5, 0.6) is 0 Å². The van der Waals surface area contributed by atoms with Gasteiger partial charge in [-0.15, -0.1) is 0 Å². The fourth-order valence-electron chi connectivity index (χ4n) is 3.67. The van der Waals surface area contributed by atoms with E-state index in [2.05, 4.69) is 48.7 Å². The Bertz CT molecular complexity index is 422. The van der Waals surface area contributed by atoms with Crippen molar-refractivity contribution < 1.29 is 0 Å². The summed E-state index contributed by atoms with van der Waals surface area (Å²) >= 11 is 0. The molecule has 0 amide bonds. The number of nitrogens with zero attached hydrogens (tertiary/aromatic N) is 1. The van der Waals surface area contributed by atoms with Gasteiger partial charge >= 0.3 is 0 Å². The van der Waals surface area contributed by atoms with Crippen molar-refractivity contribution in [2.75, 3.05) is 6.54 Å². The number of hydrogen-bond acceptors (Lipinski definition) is 1. The predicted octanol–water partition coefficient (Wildman–Crippen LogP) is 3.62. The molecule has 0 aromatic heterocycles. The normalized spacial score (nSPS) is 33.0. The van der Waals surface area contributed by atoms with Crippen LogP contribution in [-0.4, -0.2) is 17.0 Å². The van der Waals surface area contributed by atoms with Gasteiger partial charge in [-0.3, -0.25) is 4.90 Å². The molecule has 1 saturated heterocycles. The zero-order valence-electron chi connectivity index (χ0n) is 10.7. The van der Waals surface area contributed by atoms with Crippen LogP contribution in [-0.2, 0) is 6.54 Å². The molecule has 1 nitrogen and oxygen atoms in total. The average Bonchev–Trinajstić information content (AvgIpc) is 2.80. The molecule has 1 aliphatic carbocycles. The molecule has 90 valence electrons. The number of rotatable bonds is 2. The SMILES string of the molecule is C=C1CC[C@H]2CCN(Cc3ccccc3)[C@@]12C. The summed E-state index contributed by atoms with van der Waals surface area (Å²) in [6, 6.07) is 10.8. The number of hydrogen-bond donors (Lipinski definition) is 0. The maximum absolute atomic E-state index is 4.32. The minimum absolute atomic E-state index is 0.274. The van der Waals surface area contributed by atoms with Crippen molar-refractivity contribution in [3.8, 4) is 0 Å². The summed E-state index contributed by atoms with van der Waals surface area (Å²) < 4.78 is 0. The van der Waals surface area contributed by atoms with Gasteiger partial charge in [-0.2, -0.15) is 0 Å². The van der Waals surface area contributed by atoms with Gasteiger partial charge in [0.15, 0.2) is 0 Å². The van der Waals surface area contributed by atoms with Crippen LogP contribution in [0.1, 0.15) is 31.7 Å². The number of likely N-dealkylation sites (tertiary alicyclic amines) is 1. The highest BCUT2D eigenvalue weighted by Gasteiger charge is 2.49. The maximum atomic E-state index is 4.32. The lowest BCUT2D eigenvalue weighted by Crippen LogP contribution is -2.43. The third kappa shape index (κ3) is 1.64. The smallest absolute Gasteiger partial charge is 0.0422 e. The molecule has 1 aromatic carbocycles. The van der Waals surface area contributed by atoms with Gasteiger partial charge in [0.05, 0.1) is 0 Å². The highest BCUT2D eigenvalue weighted by molar-refractivity contribution is 5.27. The van der Waals surface area contributed by atoms with Gasteiger partial charge in [-0.25, -0.2) is 0 Å². The van der Waals surface area contributed by atoms with Crippen molar-refractivity contribution in [1.82, 2.24) is 4.90 Å². The van der Waals surface area contributed by atoms with Gasteiger partial charge in [-0.05, 0) is 44.2 Å². The Kier molecular flexibility index (Phi) is 2.59. The lowest BCUT2D eigenvalue weighted by atomic mass is 9.87. The zero-order valence-corrected chi connectivity index (χ0v) is 10.7. The number of benzene rings is 1. The fraction of sp³-hybridized carbons (Fsp3) is 0.500. The number of fused-ring (bicyclic) bond motifs is 1. The van der Waals surface area contributed by atoms with Crippen molar-refractivity contribution in [3.63, 3.8) is 0 Å². The first-order chi connectivity index (χ1) is 8.21. The van der Waals surface area contributed by atoms with Crippen LogP contribution < -0.4 is 0 Å². The molecule has 3 rings (SSSR count). The van der Waals surface area contributed by atoms with Crippen LogP contribution in [0.2, 0.25) is 0 Å². The van der Waals surface area contributed by atoms with Crippen molar-refractivity contribution in [2.24, 2.45) is 5.92 Å². The Labute approximate surface area is 104 Å². The second-order valence-corrected chi connectivity index (χ2v) is 5.68. The molecule has 0 unspecified atom stereocenters. The predicted molar refractivity (Wildman–Crippen MR) is 71.7 cm³/mol. The molecular formula is C16H21N. The van der Waals surface area contributed by atoms with Gasteiger partial charge in [0.1, 0.15) is 0 Å². The quantitative estimate of drug-likeness (QED) is 0.698. The first kappa shape index (κ1) is 11.0. The molecule has 0 radical (unpaired) electrons. The van der Waals surface area contributed by atoms with Gasteiger partial charge < -0.3 is 0 Å². The highest BCUT2D eigenvalue weighted by atomic mass is 15.2. The van der Waals surface area contributed by atoms with Crippen LogP contribution in [0, 0.1) is 5.92 Å². The Hall–Kier alpha value is -1.08. The molecule has 0 bridgehead atoms. The van der Waals surface area contributed by atoms with Crippen LogP contribution in [0.4, 0.5) is 0 Å². The summed E-state index contributed by atoms with van der Waals surface area (Å²) in [6.07, 6.45) is 3.93. The largest absolute Gasteiger partial charge is 0.290 e. The Morgan fingerprint density at radius 2 is 2.06 bits per heavy atom. The standard InChI is InChI=1S/C16H21N/c1-13-8-9-15-10-11-17(16(13,15)2)12-14-6-4-3-5-7-14/h3-7,15H,1,8-12H2,2H3/t15-,16-/m0/s1. The Morgan fingerprint density at radius 1 is 1.29 bits per heavy atom.